The van der Waals surface area contributed by atoms with Gasteiger partial charge in [0.15, 0.2) is 0 Å². The minimum absolute atomic E-state index is 0. The third kappa shape index (κ3) is 13.8. The van der Waals surface area contributed by atoms with Crippen molar-refractivity contribution in [3.8, 4) is 0 Å². The molecule has 170 valence electrons. The first-order valence-electron chi connectivity index (χ1n) is 12.2. The second-order valence-corrected chi connectivity index (χ2v) is 8.70. The third-order valence-corrected chi connectivity index (χ3v) is 8.56. The van der Waals surface area contributed by atoms with E-state index in [4.69, 9.17) is 0 Å². The van der Waals surface area contributed by atoms with Gasteiger partial charge >= 0.3 is 0 Å². The smallest absolute Gasteiger partial charge is 0.0308 e. The van der Waals surface area contributed by atoms with E-state index in [-0.39, 0.29) is 7.43 Å². The Bertz CT molecular complexity index is 200. The van der Waals surface area contributed by atoms with Gasteiger partial charge < -0.3 is 0 Å². The molecule has 0 spiro atoms. The molecule has 0 fully saturated rings. The van der Waals surface area contributed by atoms with Crippen LogP contribution in [0.15, 0.2) is 0 Å². The molecule has 0 rings (SSSR count). The maximum Gasteiger partial charge on any atom is -0.0308 e. The van der Waals surface area contributed by atoms with Crippen LogP contribution in [0.3, 0.4) is 0 Å². The van der Waals surface area contributed by atoms with Crippen molar-refractivity contribution in [2.45, 2.75) is 161 Å². The van der Waals surface area contributed by atoms with Crippen LogP contribution in [0.25, 0.3) is 0 Å². The first kappa shape index (κ1) is 34.5. The van der Waals surface area contributed by atoms with E-state index in [1.807, 2.05) is 0 Å². The summed E-state index contributed by atoms with van der Waals surface area (Å²) in [6.07, 6.45) is 14.7. The molecule has 0 radical (unpaired) electrons. The Labute approximate surface area is 177 Å². The van der Waals surface area contributed by atoms with E-state index >= 15 is 0 Å². The molecule has 0 bridgehead atoms. The van der Waals surface area contributed by atoms with Crippen LogP contribution in [0.4, 0.5) is 0 Å². The molecule has 0 unspecified atom stereocenters. The van der Waals surface area contributed by atoms with E-state index in [0.717, 1.165) is 0 Å². The van der Waals surface area contributed by atoms with Crippen LogP contribution >= 0.6 is 0 Å². The minimum Gasteiger partial charge on any atom is -0.0776 e. The fraction of sp³-hybridized carbons (Fsp3) is 1.00. The lowest BCUT2D eigenvalue weighted by Crippen LogP contribution is -2.15. The molecule has 0 amide bonds. The number of hydrogen-bond acceptors (Lipinski definition) is 0. The molecule has 0 aromatic carbocycles. The number of hydrogen-bond donors (Lipinski definition) is 0. The zero-order valence-corrected chi connectivity index (χ0v) is 21.3. The van der Waals surface area contributed by atoms with Gasteiger partial charge in [-0.1, -0.05) is 161 Å². The van der Waals surface area contributed by atoms with Crippen LogP contribution in [0, 0.1) is 16.2 Å². The van der Waals surface area contributed by atoms with Gasteiger partial charge in [0.25, 0.3) is 0 Å². The van der Waals surface area contributed by atoms with Crippen LogP contribution in [-0.2, 0) is 0 Å². The Hall–Kier alpha value is 0. The average Bonchev–Trinajstić information content (AvgIpc) is 2.73. The topological polar surface area (TPSA) is 0 Å². The highest BCUT2D eigenvalue weighted by Gasteiger charge is 2.20. The van der Waals surface area contributed by atoms with Crippen molar-refractivity contribution in [2.75, 3.05) is 0 Å². The maximum absolute atomic E-state index is 2.35. The molecule has 0 aliphatic rings. The van der Waals surface area contributed by atoms with Gasteiger partial charge in [-0.2, -0.15) is 0 Å². The molecule has 0 N–H and O–H groups in total. The van der Waals surface area contributed by atoms with Gasteiger partial charge in [0, 0.05) is 0 Å². The first-order chi connectivity index (χ1) is 12.2. The predicted molar refractivity (Wildman–Crippen MR) is 133 cm³/mol. The van der Waals surface area contributed by atoms with Crippen LogP contribution in [-0.4, -0.2) is 0 Å². The van der Waals surface area contributed by atoms with Crippen molar-refractivity contribution in [1.82, 2.24) is 0 Å². The molecular formula is C27H62. The van der Waals surface area contributed by atoms with E-state index in [1.54, 1.807) is 0 Å². The van der Waals surface area contributed by atoms with Crippen LogP contribution in [0.2, 0.25) is 0 Å². The van der Waals surface area contributed by atoms with Gasteiger partial charge in [-0.3, -0.25) is 0 Å². The molecule has 0 aromatic rings. The summed E-state index contributed by atoms with van der Waals surface area (Å²) >= 11 is 0. The molecule has 0 nitrogen and oxygen atoms in total. The highest BCUT2D eigenvalue weighted by atomic mass is 14.3. The van der Waals surface area contributed by atoms with E-state index in [1.165, 1.54) is 70.6 Å². The Morgan fingerprint density at radius 3 is 0.481 bits per heavy atom. The lowest BCUT2D eigenvalue weighted by atomic mass is 9.78. The minimum atomic E-state index is 0. The molecule has 0 saturated heterocycles. The lowest BCUT2D eigenvalue weighted by Gasteiger charge is -2.28. The zero-order valence-electron chi connectivity index (χ0n) is 21.3. The van der Waals surface area contributed by atoms with Gasteiger partial charge in [-0.05, 0) is 16.2 Å². The third-order valence-electron chi connectivity index (χ3n) is 8.56. The summed E-state index contributed by atoms with van der Waals surface area (Å²) in [6, 6.07) is 0. The van der Waals surface area contributed by atoms with Crippen LogP contribution < -0.4 is 0 Å². The van der Waals surface area contributed by atoms with Crippen molar-refractivity contribution >= 4 is 0 Å². The summed E-state index contributed by atoms with van der Waals surface area (Å²) < 4.78 is 0. The lowest BCUT2D eigenvalue weighted by molar-refractivity contribution is 0.240. The van der Waals surface area contributed by atoms with Gasteiger partial charge in [0.05, 0.1) is 0 Å². The van der Waals surface area contributed by atoms with E-state index in [9.17, 15) is 0 Å². The largest absolute Gasteiger partial charge is 0.0776 e. The van der Waals surface area contributed by atoms with Crippen molar-refractivity contribution < 1.29 is 0 Å². The van der Waals surface area contributed by atoms with Crippen LogP contribution in [0.1, 0.15) is 161 Å². The summed E-state index contributed by atoms with van der Waals surface area (Å²) in [6.45, 7) is 27.6. The SMILES string of the molecule is C.CCC(C)(CC)CC.CCC(CC)(CC)CC.CCC(CC)(CC)CC. The monoisotopic (exact) mass is 386 g/mol. The number of rotatable bonds is 11. The molecule has 0 aliphatic carbocycles. The van der Waals surface area contributed by atoms with E-state index in [2.05, 4.69) is 83.1 Å². The quantitative estimate of drug-likeness (QED) is 0.331. The van der Waals surface area contributed by atoms with Crippen molar-refractivity contribution in [3.05, 3.63) is 0 Å². The Morgan fingerprint density at radius 1 is 0.333 bits per heavy atom. The van der Waals surface area contributed by atoms with E-state index in [0.29, 0.717) is 16.2 Å². The van der Waals surface area contributed by atoms with Crippen LogP contribution in [0.5, 0.6) is 0 Å². The van der Waals surface area contributed by atoms with E-state index < -0.39 is 0 Å². The Kier molecular flexibility index (Phi) is 24.7. The first-order valence-corrected chi connectivity index (χ1v) is 12.2. The van der Waals surface area contributed by atoms with Gasteiger partial charge in [-0.15, -0.1) is 0 Å². The molecule has 27 heavy (non-hydrogen) atoms. The molecule has 0 atom stereocenters. The fourth-order valence-electron chi connectivity index (χ4n) is 3.75. The predicted octanol–water partition coefficient (Wildman–Crippen LogP) is 11.1. The second-order valence-electron chi connectivity index (χ2n) is 8.70. The fourth-order valence-corrected chi connectivity index (χ4v) is 3.75. The average molecular weight is 387 g/mol. The Balaban J connectivity index is -0.000000145. The normalized spacial score (nSPS) is 11.6. The summed E-state index contributed by atoms with van der Waals surface area (Å²) in [5.74, 6) is 0. The summed E-state index contributed by atoms with van der Waals surface area (Å²) in [4.78, 5) is 0. The van der Waals surface area contributed by atoms with Crippen molar-refractivity contribution in [1.29, 1.82) is 0 Å². The molecule has 0 saturated carbocycles. The van der Waals surface area contributed by atoms with Gasteiger partial charge in [-0.25, -0.2) is 0 Å². The molecular weight excluding hydrogens is 324 g/mol. The highest BCUT2D eigenvalue weighted by Crippen LogP contribution is 2.34. The maximum atomic E-state index is 2.35. The molecule has 0 aromatic heterocycles. The second kappa shape index (κ2) is 19.3. The van der Waals surface area contributed by atoms with Crippen molar-refractivity contribution in [3.63, 3.8) is 0 Å². The summed E-state index contributed by atoms with van der Waals surface area (Å²) in [5.41, 5.74) is 1.96. The van der Waals surface area contributed by atoms with Crippen molar-refractivity contribution in [2.24, 2.45) is 16.2 Å². The molecule has 0 heteroatoms. The molecule has 0 heterocycles. The molecule has 0 aliphatic heterocycles. The zero-order chi connectivity index (χ0) is 21.3. The summed E-state index contributed by atoms with van der Waals surface area (Å²) in [5, 5.41) is 0. The van der Waals surface area contributed by atoms with Gasteiger partial charge in [0.1, 0.15) is 0 Å². The standard InChI is InChI=1S/2C9H20.C8H18.CH4/c2*1-5-9(6-2,7-3)8-4;1-5-8(4,6-2)7-3;/h2*5-8H2,1-4H3;5-7H2,1-4H3;1H4. The van der Waals surface area contributed by atoms with Gasteiger partial charge in [0.2, 0.25) is 0 Å². The Morgan fingerprint density at radius 2 is 0.481 bits per heavy atom. The summed E-state index contributed by atoms with van der Waals surface area (Å²) in [7, 11) is 0. The highest BCUT2D eigenvalue weighted by molar-refractivity contribution is 4.72.